The molecule has 2 N–H and O–H groups in total. The van der Waals surface area contributed by atoms with Crippen LogP contribution in [0, 0.1) is 10.1 Å². The van der Waals surface area contributed by atoms with Gasteiger partial charge in [0.15, 0.2) is 0 Å². The van der Waals surface area contributed by atoms with E-state index < -0.39 is 0 Å². The largest absolute Gasteiger partial charge is 0.398 e. The Balaban J connectivity index is 1.99. The number of hydrogen-bond acceptors (Lipinski definition) is 4. The molecule has 2 aromatic carbocycles. The van der Waals surface area contributed by atoms with Gasteiger partial charge in [0.05, 0.1) is 4.92 Å². The first-order valence-corrected chi connectivity index (χ1v) is 7.40. The monoisotopic (exact) mass is 347 g/mol. The lowest BCUT2D eigenvalue weighted by molar-refractivity contribution is -0.384. The number of nitrogens with zero attached hydrogens (tertiary/aromatic N) is 2. The van der Waals surface area contributed by atoms with Crippen molar-refractivity contribution in [3.05, 3.63) is 62.1 Å². The number of nitrogens with two attached hydrogens (primary N) is 1. The molecular formula is C15H14BrN3O2. The average molecular weight is 348 g/mol. The van der Waals surface area contributed by atoms with Crippen LogP contribution in [0.1, 0.15) is 11.1 Å². The molecule has 0 atom stereocenters. The molecule has 1 aliphatic rings. The molecule has 21 heavy (non-hydrogen) atoms. The molecule has 0 radical (unpaired) electrons. The molecule has 108 valence electrons. The summed E-state index contributed by atoms with van der Waals surface area (Å²) in [4.78, 5) is 13.0. The highest BCUT2D eigenvalue weighted by molar-refractivity contribution is 9.10. The second-order valence-electron chi connectivity index (χ2n) is 5.05. The van der Waals surface area contributed by atoms with Crippen LogP contribution in [0.3, 0.4) is 0 Å². The average Bonchev–Trinajstić information content (AvgIpc) is 2.47. The van der Waals surface area contributed by atoms with Crippen molar-refractivity contribution in [2.24, 2.45) is 0 Å². The summed E-state index contributed by atoms with van der Waals surface area (Å²) in [5.74, 6) is 0. The maximum atomic E-state index is 11.3. The minimum Gasteiger partial charge on any atom is -0.398 e. The first kappa shape index (κ1) is 13.9. The van der Waals surface area contributed by atoms with Crippen molar-refractivity contribution in [3.8, 4) is 0 Å². The Morgan fingerprint density at radius 1 is 1.29 bits per heavy atom. The molecule has 5 nitrogen and oxygen atoms in total. The van der Waals surface area contributed by atoms with E-state index >= 15 is 0 Å². The van der Waals surface area contributed by atoms with Crippen molar-refractivity contribution in [2.75, 3.05) is 17.2 Å². The van der Waals surface area contributed by atoms with Crippen LogP contribution in [0.4, 0.5) is 17.1 Å². The highest BCUT2D eigenvalue weighted by atomic mass is 79.9. The standard InChI is InChI=1S/C15H14BrN3O2/c16-11-4-5-14(15(8-11)19(20)21)18-7-6-12-10(9-18)2-1-3-13(12)17/h1-5,8H,6-7,9,17H2. The highest BCUT2D eigenvalue weighted by Gasteiger charge is 2.24. The second-order valence-corrected chi connectivity index (χ2v) is 5.96. The third-order valence-electron chi connectivity index (χ3n) is 3.78. The normalized spacial score (nSPS) is 13.9. The van der Waals surface area contributed by atoms with E-state index in [0.29, 0.717) is 16.7 Å². The van der Waals surface area contributed by atoms with Crippen molar-refractivity contribution < 1.29 is 4.92 Å². The first-order valence-electron chi connectivity index (χ1n) is 6.61. The fraction of sp³-hybridized carbons (Fsp3) is 0.200. The summed E-state index contributed by atoms with van der Waals surface area (Å²) in [7, 11) is 0. The highest BCUT2D eigenvalue weighted by Crippen LogP contribution is 2.35. The van der Waals surface area contributed by atoms with Gasteiger partial charge in [-0.3, -0.25) is 10.1 Å². The number of halogens is 1. The SMILES string of the molecule is Nc1cccc2c1CCN(c1ccc(Br)cc1[N+](=O)[O-])C2. The van der Waals surface area contributed by atoms with Crippen molar-refractivity contribution >= 4 is 33.0 Å². The quantitative estimate of drug-likeness (QED) is 0.512. The van der Waals surface area contributed by atoms with Crippen LogP contribution in [-0.4, -0.2) is 11.5 Å². The zero-order valence-electron chi connectivity index (χ0n) is 11.3. The molecule has 0 fully saturated rings. The molecular weight excluding hydrogens is 334 g/mol. The summed E-state index contributed by atoms with van der Waals surface area (Å²) in [6.07, 6.45) is 0.801. The Kier molecular flexibility index (Phi) is 3.55. The van der Waals surface area contributed by atoms with Gasteiger partial charge in [-0.1, -0.05) is 28.1 Å². The molecule has 0 aliphatic carbocycles. The minimum atomic E-state index is -0.338. The van der Waals surface area contributed by atoms with Gasteiger partial charge >= 0.3 is 0 Å². The summed E-state index contributed by atoms with van der Waals surface area (Å²) >= 11 is 3.28. The Morgan fingerprint density at radius 2 is 2.10 bits per heavy atom. The maximum Gasteiger partial charge on any atom is 0.293 e. The molecule has 2 aromatic rings. The Labute approximate surface area is 130 Å². The van der Waals surface area contributed by atoms with Crippen LogP contribution in [0.5, 0.6) is 0 Å². The topological polar surface area (TPSA) is 72.4 Å². The molecule has 0 aromatic heterocycles. The lowest BCUT2D eigenvalue weighted by Gasteiger charge is -2.31. The molecule has 1 heterocycles. The summed E-state index contributed by atoms with van der Waals surface area (Å²) < 4.78 is 0.708. The number of hydrogen-bond donors (Lipinski definition) is 1. The summed E-state index contributed by atoms with van der Waals surface area (Å²) in [5.41, 5.74) is 9.86. The predicted octanol–water partition coefficient (Wildman–Crippen LogP) is 3.50. The smallest absolute Gasteiger partial charge is 0.293 e. The zero-order valence-corrected chi connectivity index (χ0v) is 12.8. The van der Waals surface area contributed by atoms with Crippen LogP contribution in [0.25, 0.3) is 0 Å². The molecule has 1 aliphatic heterocycles. The van der Waals surface area contributed by atoms with Gasteiger partial charge in [-0.15, -0.1) is 0 Å². The van der Waals surface area contributed by atoms with Crippen LogP contribution in [0.15, 0.2) is 40.9 Å². The molecule has 0 unspecified atom stereocenters. The number of rotatable bonds is 2. The van der Waals surface area contributed by atoms with Gasteiger partial charge in [0, 0.05) is 29.3 Å². The van der Waals surface area contributed by atoms with Crippen LogP contribution < -0.4 is 10.6 Å². The van der Waals surface area contributed by atoms with E-state index in [4.69, 9.17) is 5.73 Å². The van der Waals surface area contributed by atoms with Gasteiger partial charge in [-0.25, -0.2) is 0 Å². The van der Waals surface area contributed by atoms with E-state index in [9.17, 15) is 10.1 Å². The first-order chi connectivity index (χ1) is 10.1. The summed E-state index contributed by atoms with van der Waals surface area (Å²) in [6.45, 7) is 1.37. The molecule has 0 amide bonds. The molecule has 0 saturated heterocycles. The fourth-order valence-corrected chi connectivity index (χ4v) is 3.10. The van der Waals surface area contributed by atoms with Crippen molar-refractivity contribution in [2.45, 2.75) is 13.0 Å². The van der Waals surface area contributed by atoms with Gasteiger partial charge in [-0.05, 0) is 35.7 Å². The number of fused-ring (bicyclic) bond motifs is 1. The van der Waals surface area contributed by atoms with Gasteiger partial charge in [0.1, 0.15) is 5.69 Å². The lowest BCUT2D eigenvalue weighted by atomic mass is 9.97. The number of nitro benzene ring substituents is 1. The van der Waals surface area contributed by atoms with Crippen molar-refractivity contribution in [1.82, 2.24) is 0 Å². The predicted molar refractivity (Wildman–Crippen MR) is 86.4 cm³/mol. The maximum absolute atomic E-state index is 11.3. The van der Waals surface area contributed by atoms with Gasteiger partial charge in [0.2, 0.25) is 0 Å². The fourth-order valence-electron chi connectivity index (χ4n) is 2.75. The molecule has 0 saturated carbocycles. The molecule has 0 bridgehead atoms. The second kappa shape index (κ2) is 5.37. The van der Waals surface area contributed by atoms with Crippen LogP contribution in [0.2, 0.25) is 0 Å². The number of nitrogen functional groups attached to an aromatic ring is 1. The summed E-state index contributed by atoms with van der Waals surface area (Å²) in [5, 5.41) is 11.3. The number of benzene rings is 2. The molecule has 3 rings (SSSR count). The third-order valence-corrected chi connectivity index (χ3v) is 4.27. The van der Waals surface area contributed by atoms with Crippen molar-refractivity contribution in [3.63, 3.8) is 0 Å². The minimum absolute atomic E-state index is 0.122. The Morgan fingerprint density at radius 3 is 2.86 bits per heavy atom. The van der Waals surface area contributed by atoms with E-state index in [-0.39, 0.29) is 10.6 Å². The Bertz CT molecular complexity index is 718. The molecule has 6 heteroatoms. The van der Waals surface area contributed by atoms with E-state index in [1.54, 1.807) is 12.1 Å². The summed E-state index contributed by atoms with van der Waals surface area (Å²) in [6, 6.07) is 11.0. The van der Waals surface area contributed by atoms with E-state index in [2.05, 4.69) is 15.9 Å². The number of nitro groups is 1. The third kappa shape index (κ3) is 2.58. The van der Waals surface area contributed by atoms with Gasteiger partial charge in [0.25, 0.3) is 5.69 Å². The van der Waals surface area contributed by atoms with E-state index in [1.807, 2.05) is 29.2 Å². The lowest BCUT2D eigenvalue weighted by Crippen LogP contribution is -2.31. The molecule has 0 spiro atoms. The van der Waals surface area contributed by atoms with Crippen LogP contribution >= 0.6 is 15.9 Å². The van der Waals surface area contributed by atoms with E-state index in [0.717, 1.165) is 29.8 Å². The Hall–Kier alpha value is -2.08. The van der Waals surface area contributed by atoms with E-state index in [1.165, 1.54) is 0 Å². The number of anilines is 2. The van der Waals surface area contributed by atoms with Crippen LogP contribution in [-0.2, 0) is 13.0 Å². The van der Waals surface area contributed by atoms with Crippen molar-refractivity contribution in [1.29, 1.82) is 0 Å². The van der Waals surface area contributed by atoms with Gasteiger partial charge in [-0.2, -0.15) is 0 Å². The zero-order chi connectivity index (χ0) is 15.0. The van der Waals surface area contributed by atoms with Gasteiger partial charge < -0.3 is 10.6 Å².